The van der Waals surface area contributed by atoms with Crippen molar-refractivity contribution in [2.75, 3.05) is 19.4 Å². The van der Waals surface area contributed by atoms with Gasteiger partial charge in [0, 0.05) is 20.3 Å². The molecule has 0 aromatic carbocycles. The average Bonchev–Trinajstić information content (AvgIpc) is 3.00. The molecule has 2 aromatic rings. The maximum absolute atomic E-state index is 11.7. The Bertz CT molecular complexity index is 651. The van der Waals surface area contributed by atoms with Crippen molar-refractivity contribution >= 4 is 17.6 Å². The third kappa shape index (κ3) is 3.38. The number of carbonyl (C=O) groups is 2. The van der Waals surface area contributed by atoms with Gasteiger partial charge in [0.1, 0.15) is 11.6 Å². The zero-order valence-electron chi connectivity index (χ0n) is 11.8. The smallest absolute Gasteiger partial charge is 0.286 e. The minimum absolute atomic E-state index is 0.226. The molecule has 0 radical (unpaired) electrons. The first-order valence-corrected chi connectivity index (χ1v) is 6.37. The summed E-state index contributed by atoms with van der Waals surface area (Å²) in [5, 5.41) is 8.05. The molecule has 0 aliphatic rings. The predicted octanol–water partition coefficient (Wildman–Crippen LogP) is 1.01. The predicted molar refractivity (Wildman–Crippen MR) is 77.1 cm³/mol. The van der Waals surface area contributed by atoms with E-state index in [9.17, 15) is 9.59 Å². The fourth-order valence-electron chi connectivity index (χ4n) is 1.75. The fourth-order valence-corrected chi connectivity index (χ4v) is 1.75. The highest BCUT2D eigenvalue weighted by Crippen LogP contribution is 2.14. The lowest BCUT2D eigenvalue weighted by Gasteiger charge is -2.08. The number of aromatic nitrogens is 1. The maximum Gasteiger partial charge on any atom is 0.286 e. The molecule has 3 N–H and O–H groups in total. The molecule has 0 aliphatic heterocycles. The van der Waals surface area contributed by atoms with Crippen molar-refractivity contribution in [2.24, 2.45) is 0 Å². The summed E-state index contributed by atoms with van der Waals surface area (Å²) in [6, 6.07) is 6.65. The van der Waals surface area contributed by atoms with Crippen molar-refractivity contribution < 1.29 is 14.0 Å². The van der Waals surface area contributed by atoms with Crippen molar-refractivity contribution in [3.05, 3.63) is 47.5 Å². The Hall–Kier alpha value is -2.83. The lowest BCUT2D eigenvalue weighted by atomic mass is 10.2. The zero-order chi connectivity index (χ0) is 15.2. The zero-order valence-corrected chi connectivity index (χ0v) is 11.8. The van der Waals surface area contributed by atoms with E-state index in [1.54, 1.807) is 37.5 Å². The molecule has 21 heavy (non-hydrogen) atoms. The first-order valence-electron chi connectivity index (χ1n) is 6.37. The normalized spacial score (nSPS) is 10.0. The molecule has 110 valence electrons. The van der Waals surface area contributed by atoms with E-state index < -0.39 is 0 Å². The van der Waals surface area contributed by atoms with Crippen molar-refractivity contribution in [1.82, 2.24) is 15.6 Å². The first-order chi connectivity index (χ1) is 10.2. The number of anilines is 1. The van der Waals surface area contributed by atoms with E-state index in [0.29, 0.717) is 23.7 Å². The maximum atomic E-state index is 11.7. The number of rotatable bonds is 5. The van der Waals surface area contributed by atoms with Gasteiger partial charge in [0.05, 0.1) is 12.1 Å². The van der Waals surface area contributed by atoms with Crippen LogP contribution in [0.15, 0.2) is 34.9 Å². The fraction of sp³-hybridized carbons (Fsp3) is 0.214. The molecule has 0 atom stereocenters. The number of hydrogen-bond acceptors (Lipinski definition) is 5. The van der Waals surface area contributed by atoms with Crippen molar-refractivity contribution in [3.63, 3.8) is 0 Å². The minimum Gasteiger partial charge on any atom is -0.454 e. The number of hydrogen-bond donors (Lipinski definition) is 3. The van der Waals surface area contributed by atoms with Crippen molar-refractivity contribution in [2.45, 2.75) is 6.54 Å². The molecule has 7 heteroatoms. The molecule has 2 amide bonds. The second-order valence-electron chi connectivity index (χ2n) is 4.18. The van der Waals surface area contributed by atoms with E-state index in [1.165, 1.54) is 7.05 Å². The van der Waals surface area contributed by atoms with Crippen molar-refractivity contribution in [3.8, 4) is 0 Å². The third-order valence-corrected chi connectivity index (χ3v) is 2.82. The van der Waals surface area contributed by atoms with Gasteiger partial charge in [0.15, 0.2) is 5.76 Å². The Labute approximate surface area is 121 Å². The summed E-state index contributed by atoms with van der Waals surface area (Å²) in [6.07, 6.45) is 1.59. The molecule has 0 unspecified atom stereocenters. The van der Waals surface area contributed by atoms with Crippen LogP contribution < -0.4 is 16.0 Å². The summed E-state index contributed by atoms with van der Waals surface area (Å²) in [5.74, 6) is 0.750. The molecule has 2 aromatic heterocycles. The summed E-state index contributed by atoms with van der Waals surface area (Å²) in [5.41, 5.74) is 0.443. The summed E-state index contributed by atoms with van der Waals surface area (Å²) in [4.78, 5) is 27.2. The summed E-state index contributed by atoms with van der Waals surface area (Å²) in [6.45, 7) is 0.317. The van der Waals surface area contributed by atoms with Crippen LogP contribution in [0, 0.1) is 0 Å². The van der Waals surface area contributed by atoms with Crippen LogP contribution in [-0.4, -0.2) is 30.9 Å². The first kappa shape index (κ1) is 14.6. The van der Waals surface area contributed by atoms with Crippen LogP contribution in [0.2, 0.25) is 0 Å². The molecule has 2 rings (SSSR count). The van der Waals surface area contributed by atoms with Gasteiger partial charge in [-0.2, -0.15) is 0 Å². The van der Waals surface area contributed by atoms with Crippen LogP contribution >= 0.6 is 0 Å². The molecule has 2 heterocycles. The Morgan fingerprint density at radius 1 is 1.14 bits per heavy atom. The van der Waals surface area contributed by atoms with E-state index in [-0.39, 0.29) is 17.6 Å². The molecular formula is C14H16N4O3. The summed E-state index contributed by atoms with van der Waals surface area (Å²) >= 11 is 0. The van der Waals surface area contributed by atoms with Crippen LogP contribution in [-0.2, 0) is 6.54 Å². The molecule has 0 saturated heterocycles. The number of amides is 2. The largest absolute Gasteiger partial charge is 0.454 e. The highest BCUT2D eigenvalue weighted by molar-refractivity contribution is 5.98. The van der Waals surface area contributed by atoms with Gasteiger partial charge in [-0.1, -0.05) is 0 Å². The lowest BCUT2D eigenvalue weighted by molar-refractivity contribution is 0.0932. The summed E-state index contributed by atoms with van der Waals surface area (Å²) < 4.78 is 5.38. The molecule has 0 bridgehead atoms. The van der Waals surface area contributed by atoms with E-state index >= 15 is 0 Å². The highest BCUT2D eigenvalue weighted by Gasteiger charge is 2.12. The number of nitrogens with zero attached hydrogens (tertiary/aromatic N) is 1. The molecule has 0 saturated carbocycles. The standard InChI is InChI=1S/C14H16N4O3/c1-15-13(19)10-4-3-7-17-12(10)18-8-9-5-6-11(21-9)14(20)16-2/h3-7H,8H2,1-2H3,(H,15,19)(H,16,20)(H,17,18). The topological polar surface area (TPSA) is 96.3 Å². The molecule has 0 spiro atoms. The van der Waals surface area contributed by atoms with Gasteiger partial charge in [-0.15, -0.1) is 0 Å². The number of nitrogens with one attached hydrogen (secondary N) is 3. The third-order valence-electron chi connectivity index (χ3n) is 2.82. The van der Waals surface area contributed by atoms with Crippen LogP contribution in [0.5, 0.6) is 0 Å². The van der Waals surface area contributed by atoms with Gasteiger partial charge in [0.25, 0.3) is 11.8 Å². The Kier molecular flexibility index (Phi) is 4.55. The molecule has 0 fully saturated rings. The second-order valence-corrected chi connectivity index (χ2v) is 4.18. The lowest BCUT2D eigenvalue weighted by Crippen LogP contribution is -2.20. The van der Waals surface area contributed by atoms with Crippen LogP contribution in [0.3, 0.4) is 0 Å². The van der Waals surface area contributed by atoms with Crippen LogP contribution in [0.25, 0.3) is 0 Å². The quantitative estimate of drug-likeness (QED) is 0.763. The van der Waals surface area contributed by atoms with Gasteiger partial charge in [-0.3, -0.25) is 9.59 Å². The van der Waals surface area contributed by atoms with Gasteiger partial charge >= 0.3 is 0 Å². The van der Waals surface area contributed by atoms with Gasteiger partial charge in [-0.05, 0) is 24.3 Å². The summed E-state index contributed by atoms with van der Waals surface area (Å²) in [7, 11) is 3.09. The molecule has 0 aliphatic carbocycles. The van der Waals surface area contributed by atoms with E-state index in [1.807, 2.05) is 0 Å². The van der Waals surface area contributed by atoms with Gasteiger partial charge in [-0.25, -0.2) is 4.98 Å². The average molecular weight is 288 g/mol. The Balaban J connectivity index is 2.08. The number of furan rings is 1. The highest BCUT2D eigenvalue weighted by atomic mass is 16.4. The van der Waals surface area contributed by atoms with E-state index in [0.717, 1.165) is 0 Å². The monoisotopic (exact) mass is 288 g/mol. The number of carbonyl (C=O) groups excluding carboxylic acids is 2. The second kappa shape index (κ2) is 6.56. The van der Waals surface area contributed by atoms with E-state index in [2.05, 4.69) is 20.9 Å². The van der Waals surface area contributed by atoms with Crippen molar-refractivity contribution in [1.29, 1.82) is 0 Å². The Morgan fingerprint density at radius 2 is 1.90 bits per heavy atom. The number of pyridine rings is 1. The molecular weight excluding hydrogens is 272 g/mol. The van der Waals surface area contributed by atoms with Gasteiger partial charge < -0.3 is 20.4 Å². The van der Waals surface area contributed by atoms with Gasteiger partial charge in [0.2, 0.25) is 0 Å². The Morgan fingerprint density at radius 3 is 2.62 bits per heavy atom. The van der Waals surface area contributed by atoms with Crippen LogP contribution in [0.1, 0.15) is 26.7 Å². The molecule has 7 nitrogen and oxygen atoms in total. The SMILES string of the molecule is CNC(=O)c1ccc(CNc2ncccc2C(=O)NC)o1. The minimum atomic E-state index is -0.287. The van der Waals surface area contributed by atoms with E-state index in [4.69, 9.17) is 4.42 Å². The van der Waals surface area contributed by atoms with Crippen LogP contribution in [0.4, 0.5) is 5.82 Å².